The third-order valence-electron chi connectivity index (χ3n) is 4.27. The highest BCUT2D eigenvalue weighted by Gasteiger charge is 2.20. The van der Waals surface area contributed by atoms with Crippen molar-refractivity contribution in [1.82, 2.24) is 0 Å². The van der Waals surface area contributed by atoms with Gasteiger partial charge in [0.05, 0.1) is 6.61 Å². The van der Waals surface area contributed by atoms with Gasteiger partial charge in [0.2, 0.25) is 0 Å². The van der Waals surface area contributed by atoms with Crippen LogP contribution in [-0.4, -0.2) is 16.5 Å². The summed E-state index contributed by atoms with van der Waals surface area (Å²) in [6, 6.07) is 1.26. The summed E-state index contributed by atoms with van der Waals surface area (Å²) in [5.74, 6) is -0.305. The average Bonchev–Trinajstić information content (AvgIpc) is 2.56. The molecule has 0 heterocycles. The molecular formula is C19H35Br3O2Si. The quantitative estimate of drug-likeness (QED) is 0.0552. The van der Waals surface area contributed by atoms with Gasteiger partial charge in [-0.1, -0.05) is 136 Å². The minimum absolute atomic E-state index is 0.305. The molecule has 0 rings (SSSR count). The van der Waals surface area contributed by atoms with Gasteiger partial charge in [0.25, 0.3) is 3.93 Å². The molecule has 25 heavy (non-hydrogen) atoms. The van der Waals surface area contributed by atoms with E-state index in [-0.39, 0.29) is 5.97 Å². The van der Waals surface area contributed by atoms with E-state index in [9.17, 15) is 4.79 Å². The Bertz CT molecular complexity index is 333. The fraction of sp³-hybridized carbons (Fsp3) is 0.842. The SMILES string of the molecule is C=CC(=O)OCCCCCCCCCCCCCCCC[Si](Br)(Br)Br. The number of esters is 1. The predicted molar refractivity (Wildman–Crippen MR) is 123 cm³/mol. The second-order valence-corrected chi connectivity index (χ2v) is 30.2. The molecule has 0 amide bonds. The van der Waals surface area contributed by atoms with E-state index in [0.717, 1.165) is 12.8 Å². The summed E-state index contributed by atoms with van der Waals surface area (Å²) in [5, 5.41) is 0. The van der Waals surface area contributed by atoms with Crippen molar-refractivity contribution >= 4 is 55.8 Å². The molecule has 6 heteroatoms. The minimum Gasteiger partial charge on any atom is -0.463 e. The van der Waals surface area contributed by atoms with E-state index in [2.05, 4.69) is 52.5 Å². The molecule has 0 radical (unpaired) electrons. The Morgan fingerprint density at radius 2 is 1.08 bits per heavy atom. The minimum atomic E-state index is -1.36. The van der Waals surface area contributed by atoms with Gasteiger partial charge in [-0.15, -0.1) is 0 Å². The molecule has 0 aliphatic heterocycles. The molecule has 0 bridgehead atoms. The number of carbonyl (C=O) groups excluding carboxylic acids is 1. The van der Waals surface area contributed by atoms with Crippen molar-refractivity contribution in [2.75, 3.05) is 6.61 Å². The summed E-state index contributed by atoms with van der Waals surface area (Å²) in [4.78, 5) is 10.9. The van der Waals surface area contributed by atoms with Gasteiger partial charge in [-0.25, -0.2) is 4.79 Å². The predicted octanol–water partition coefficient (Wildman–Crippen LogP) is 8.30. The zero-order chi connectivity index (χ0) is 18.8. The van der Waals surface area contributed by atoms with Gasteiger partial charge in [-0.2, -0.15) is 0 Å². The van der Waals surface area contributed by atoms with Crippen LogP contribution in [0.2, 0.25) is 6.04 Å². The normalized spacial score (nSPS) is 11.5. The standard InChI is InChI=1S/C19H35Br3O2Si/c1-2-19(23)24-17-15-13-11-9-7-5-3-4-6-8-10-12-14-16-18-25(20,21)22/h2H,1,3-18H2. The van der Waals surface area contributed by atoms with Gasteiger partial charge < -0.3 is 4.74 Å². The van der Waals surface area contributed by atoms with Crippen LogP contribution in [0.3, 0.4) is 0 Å². The molecule has 0 atom stereocenters. The Kier molecular flexibility index (Phi) is 18.9. The maximum atomic E-state index is 10.9. The van der Waals surface area contributed by atoms with Crippen LogP contribution in [0.1, 0.15) is 89.9 Å². The molecule has 0 unspecified atom stereocenters. The molecule has 0 spiro atoms. The van der Waals surface area contributed by atoms with Crippen molar-refractivity contribution in [3.63, 3.8) is 0 Å². The molecule has 0 aromatic heterocycles. The highest BCUT2D eigenvalue weighted by atomic mass is 80.0. The van der Waals surface area contributed by atoms with E-state index in [1.807, 2.05) is 0 Å². The lowest BCUT2D eigenvalue weighted by Gasteiger charge is -2.08. The summed E-state index contributed by atoms with van der Waals surface area (Å²) in [7, 11) is 0. The highest BCUT2D eigenvalue weighted by molar-refractivity contribution is 9.72. The van der Waals surface area contributed by atoms with Crippen molar-refractivity contribution in [2.45, 2.75) is 95.9 Å². The molecular weight excluding hydrogens is 528 g/mol. The van der Waals surface area contributed by atoms with E-state index < -0.39 is 3.93 Å². The molecule has 0 fully saturated rings. The maximum Gasteiger partial charge on any atom is 0.330 e. The number of halogens is 3. The number of hydrogen-bond acceptors (Lipinski definition) is 2. The smallest absolute Gasteiger partial charge is 0.330 e. The molecule has 0 aliphatic rings. The number of hydrogen-bond donors (Lipinski definition) is 0. The van der Waals surface area contributed by atoms with Gasteiger partial charge in [-0.3, -0.25) is 0 Å². The van der Waals surface area contributed by atoms with Gasteiger partial charge in [0, 0.05) is 6.08 Å². The van der Waals surface area contributed by atoms with E-state index >= 15 is 0 Å². The molecule has 148 valence electrons. The lowest BCUT2D eigenvalue weighted by molar-refractivity contribution is -0.137. The number of ether oxygens (including phenoxy) is 1. The maximum absolute atomic E-state index is 10.9. The van der Waals surface area contributed by atoms with Crippen molar-refractivity contribution in [3.8, 4) is 0 Å². The molecule has 0 saturated heterocycles. The van der Waals surface area contributed by atoms with Crippen LogP contribution in [0.5, 0.6) is 0 Å². The Balaban J connectivity index is 3.07. The molecule has 0 N–H and O–H groups in total. The van der Waals surface area contributed by atoms with Crippen molar-refractivity contribution in [1.29, 1.82) is 0 Å². The van der Waals surface area contributed by atoms with Crippen molar-refractivity contribution in [2.24, 2.45) is 0 Å². The summed E-state index contributed by atoms with van der Waals surface area (Å²) >= 11 is 11.0. The average molecular weight is 563 g/mol. The van der Waals surface area contributed by atoms with Gasteiger partial charge in [-0.05, 0) is 12.5 Å². The topological polar surface area (TPSA) is 26.3 Å². The molecule has 0 saturated carbocycles. The van der Waals surface area contributed by atoms with Gasteiger partial charge in [0.1, 0.15) is 0 Å². The summed E-state index contributed by atoms with van der Waals surface area (Å²) < 4.78 is 3.60. The third kappa shape index (κ3) is 22.8. The van der Waals surface area contributed by atoms with Crippen LogP contribution in [0.4, 0.5) is 0 Å². The van der Waals surface area contributed by atoms with Crippen molar-refractivity contribution in [3.05, 3.63) is 12.7 Å². The van der Waals surface area contributed by atoms with E-state index in [1.54, 1.807) is 0 Å². The monoisotopic (exact) mass is 560 g/mol. The largest absolute Gasteiger partial charge is 0.463 e. The highest BCUT2D eigenvalue weighted by Crippen LogP contribution is 2.33. The Hall–Kier alpha value is 0.867. The lowest BCUT2D eigenvalue weighted by atomic mass is 10.0. The van der Waals surface area contributed by atoms with Crippen LogP contribution in [0.25, 0.3) is 0 Å². The molecule has 0 aromatic rings. The first-order valence-corrected chi connectivity index (χ1v) is 18.8. The van der Waals surface area contributed by atoms with E-state index in [4.69, 9.17) is 4.74 Å². The van der Waals surface area contributed by atoms with Crippen LogP contribution < -0.4 is 0 Å². The van der Waals surface area contributed by atoms with E-state index in [1.165, 1.54) is 89.2 Å². The summed E-state index contributed by atoms with van der Waals surface area (Å²) in [5.41, 5.74) is 0. The second-order valence-electron chi connectivity index (χ2n) is 6.69. The first kappa shape index (κ1) is 25.9. The Labute approximate surface area is 179 Å². The third-order valence-corrected chi connectivity index (χ3v) is 8.75. The first-order chi connectivity index (χ1) is 12.0. The number of unbranched alkanes of at least 4 members (excludes halogenated alkanes) is 13. The van der Waals surface area contributed by atoms with Crippen LogP contribution >= 0.6 is 45.9 Å². The Morgan fingerprint density at radius 1 is 0.720 bits per heavy atom. The molecule has 2 nitrogen and oxygen atoms in total. The summed E-state index contributed by atoms with van der Waals surface area (Å²) in [6.45, 7) is 3.92. The second kappa shape index (κ2) is 18.2. The lowest BCUT2D eigenvalue weighted by Crippen LogP contribution is -2.04. The van der Waals surface area contributed by atoms with Gasteiger partial charge in [0.15, 0.2) is 0 Å². The first-order valence-electron chi connectivity index (χ1n) is 9.81. The van der Waals surface area contributed by atoms with Crippen LogP contribution in [-0.2, 0) is 9.53 Å². The van der Waals surface area contributed by atoms with Crippen LogP contribution in [0.15, 0.2) is 12.7 Å². The summed E-state index contributed by atoms with van der Waals surface area (Å²) in [6.07, 6.45) is 19.7. The zero-order valence-electron chi connectivity index (χ0n) is 15.5. The zero-order valence-corrected chi connectivity index (χ0v) is 21.3. The number of rotatable bonds is 18. The van der Waals surface area contributed by atoms with E-state index in [0.29, 0.717) is 6.61 Å². The Morgan fingerprint density at radius 3 is 1.44 bits per heavy atom. The van der Waals surface area contributed by atoms with Crippen LogP contribution in [0, 0.1) is 0 Å². The molecule has 0 aromatic carbocycles. The van der Waals surface area contributed by atoms with Gasteiger partial charge >= 0.3 is 5.97 Å². The molecule has 0 aliphatic carbocycles. The number of carbonyl (C=O) groups is 1. The fourth-order valence-corrected chi connectivity index (χ4v) is 5.95. The van der Waals surface area contributed by atoms with Crippen molar-refractivity contribution < 1.29 is 9.53 Å². The fourth-order valence-electron chi connectivity index (χ4n) is 2.78.